The molecule has 3 aromatic carbocycles. The molecule has 1 heterocycles. The number of fused-ring (bicyclic) bond motifs is 1. The molecule has 4 aromatic rings. The van der Waals surface area contributed by atoms with Crippen molar-refractivity contribution in [3.63, 3.8) is 0 Å². The van der Waals surface area contributed by atoms with Crippen molar-refractivity contribution < 1.29 is 23.1 Å². The van der Waals surface area contributed by atoms with Gasteiger partial charge in [0.05, 0.1) is 18.4 Å². The summed E-state index contributed by atoms with van der Waals surface area (Å²) in [6.07, 6.45) is 3.49. The largest absolute Gasteiger partial charge is 0.495 e. The summed E-state index contributed by atoms with van der Waals surface area (Å²) >= 11 is 0. The molecule has 0 unspecified atom stereocenters. The van der Waals surface area contributed by atoms with E-state index in [1.54, 1.807) is 35.1 Å². The van der Waals surface area contributed by atoms with Gasteiger partial charge in [0, 0.05) is 23.3 Å². The summed E-state index contributed by atoms with van der Waals surface area (Å²) in [5.74, 6) is -0.720. The molecule has 0 aliphatic rings. The third-order valence-corrected chi connectivity index (χ3v) is 6.61. The lowest BCUT2D eigenvalue weighted by atomic mass is 9.98. The average Bonchev–Trinajstić information content (AvgIpc) is 3.31. The van der Waals surface area contributed by atoms with Gasteiger partial charge in [-0.1, -0.05) is 24.3 Å². The average molecular weight is 466 g/mol. The van der Waals surface area contributed by atoms with Crippen LogP contribution in [0.5, 0.6) is 5.75 Å². The van der Waals surface area contributed by atoms with E-state index in [0.717, 1.165) is 16.5 Å². The lowest BCUT2D eigenvalue weighted by Gasteiger charge is -2.20. The standard InChI is InChI=1S/C24H23N3O5S/c1-24(2,29)18-9-11-21(32-3)22(15-18)33(30,31)26-23(28)17-8-10-19-16(14-17)6-4-7-20(19)27-13-5-12-25-27/h4-15,29H,1-3H3,(H,26,28). The number of amides is 1. The van der Waals surface area contributed by atoms with Crippen LogP contribution in [0.4, 0.5) is 0 Å². The van der Waals surface area contributed by atoms with Crippen LogP contribution in [0.15, 0.2) is 78.0 Å². The predicted molar refractivity (Wildman–Crippen MR) is 124 cm³/mol. The van der Waals surface area contributed by atoms with Gasteiger partial charge in [-0.25, -0.2) is 17.8 Å². The minimum absolute atomic E-state index is 0.0608. The molecule has 4 rings (SSSR count). The molecule has 2 N–H and O–H groups in total. The number of aromatic nitrogens is 2. The maximum Gasteiger partial charge on any atom is 0.268 e. The molecule has 0 saturated heterocycles. The van der Waals surface area contributed by atoms with Crippen molar-refractivity contribution in [2.45, 2.75) is 24.3 Å². The summed E-state index contributed by atoms with van der Waals surface area (Å²) < 4.78 is 35.1. The zero-order valence-electron chi connectivity index (χ0n) is 18.3. The third-order valence-electron chi connectivity index (χ3n) is 5.26. The molecule has 170 valence electrons. The van der Waals surface area contributed by atoms with Crippen LogP contribution in [0.25, 0.3) is 16.5 Å². The van der Waals surface area contributed by atoms with Crippen LogP contribution in [0.3, 0.4) is 0 Å². The zero-order chi connectivity index (χ0) is 23.8. The van der Waals surface area contributed by atoms with Gasteiger partial charge < -0.3 is 9.84 Å². The van der Waals surface area contributed by atoms with Gasteiger partial charge in [-0.3, -0.25) is 4.79 Å². The van der Waals surface area contributed by atoms with Crippen molar-refractivity contribution in [3.05, 3.63) is 84.2 Å². The Morgan fingerprint density at radius 3 is 2.55 bits per heavy atom. The molecule has 9 heteroatoms. The van der Waals surface area contributed by atoms with Gasteiger partial charge in [0.2, 0.25) is 0 Å². The molecule has 0 aliphatic heterocycles. The summed E-state index contributed by atoms with van der Waals surface area (Å²) in [4.78, 5) is 12.6. The van der Waals surface area contributed by atoms with Crippen molar-refractivity contribution in [1.29, 1.82) is 0 Å². The van der Waals surface area contributed by atoms with Gasteiger partial charge in [-0.15, -0.1) is 0 Å². The van der Waals surface area contributed by atoms with Crippen LogP contribution in [0, 0.1) is 0 Å². The van der Waals surface area contributed by atoms with E-state index in [1.807, 2.05) is 30.5 Å². The number of methoxy groups -OCH3 is 1. The highest BCUT2D eigenvalue weighted by molar-refractivity contribution is 7.90. The summed E-state index contributed by atoms with van der Waals surface area (Å²) in [7, 11) is -2.95. The number of benzene rings is 3. The molecular formula is C24H23N3O5S. The maximum atomic E-state index is 13.0. The molecule has 0 saturated carbocycles. The van der Waals surface area contributed by atoms with Crippen molar-refractivity contribution in [1.82, 2.24) is 14.5 Å². The minimum Gasteiger partial charge on any atom is -0.495 e. The zero-order valence-corrected chi connectivity index (χ0v) is 19.1. The highest BCUT2D eigenvalue weighted by Gasteiger charge is 2.26. The van der Waals surface area contributed by atoms with E-state index in [0.29, 0.717) is 5.56 Å². The molecule has 0 fully saturated rings. The molecule has 33 heavy (non-hydrogen) atoms. The fourth-order valence-electron chi connectivity index (χ4n) is 3.52. The highest BCUT2D eigenvalue weighted by atomic mass is 32.2. The smallest absolute Gasteiger partial charge is 0.268 e. The number of carbonyl (C=O) groups excluding carboxylic acids is 1. The number of ether oxygens (including phenoxy) is 1. The normalized spacial score (nSPS) is 12.0. The van der Waals surface area contributed by atoms with E-state index in [1.165, 1.54) is 33.1 Å². The Kier molecular flexibility index (Phi) is 5.69. The second-order valence-corrected chi connectivity index (χ2v) is 9.67. The molecule has 0 bridgehead atoms. The number of hydrogen-bond donors (Lipinski definition) is 2. The van der Waals surface area contributed by atoms with Crippen LogP contribution >= 0.6 is 0 Å². The summed E-state index contributed by atoms with van der Waals surface area (Å²) in [6, 6.07) is 16.6. The van der Waals surface area contributed by atoms with Gasteiger partial charge in [-0.2, -0.15) is 5.10 Å². The number of rotatable bonds is 6. The first kappa shape index (κ1) is 22.5. The van der Waals surface area contributed by atoms with Crippen molar-refractivity contribution in [2.24, 2.45) is 0 Å². The molecule has 0 spiro atoms. The van der Waals surface area contributed by atoms with E-state index in [-0.39, 0.29) is 16.2 Å². The predicted octanol–water partition coefficient (Wildman–Crippen LogP) is 3.38. The van der Waals surface area contributed by atoms with Crippen LogP contribution in [-0.4, -0.2) is 36.3 Å². The van der Waals surface area contributed by atoms with Crippen LogP contribution in [0.2, 0.25) is 0 Å². The molecular weight excluding hydrogens is 442 g/mol. The summed E-state index contributed by atoms with van der Waals surface area (Å²) in [5, 5.41) is 16.1. The van der Waals surface area contributed by atoms with E-state index in [4.69, 9.17) is 4.74 Å². The second kappa shape index (κ2) is 8.34. The van der Waals surface area contributed by atoms with Gasteiger partial charge in [0.1, 0.15) is 10.6 Å². The van der Waals surface area contributed by atoms with E-state index < -0.39 is 21.5 Å². The van der Waals surface area contributed by atoms with Gasteiger partial charge in [0.15, 0.2) is 0 Å². The van der Waals surface area contributed by atoms with Crippen molar-refractivity contribution in [2.75, 3.05) is 7.11 Å². The van der Waals surface area contributed by atoms with E-state index >= 15 is 0 Å². The number of nitrogens with zero attached hydrogens (tertiary/aromatic N) is 2. The Morgan fingerprint density at radius 2 is 1.88 bits per heavy atom. The fraction of sp³-hybridized carbons (Fsp3) is 0.167. The molecule has 0 radical (unpaired) electrons. The van der Waals surface area contributed by atoms with E-state index in [2.05, 4.69) is 9.82 Å². The highest BCUT2D eigenvalue weighted by Crippen LogP contribution is 2.30. The number of nitrogens with one attached hydrogen (secondary N) is 1. The SMILES string of the molecule is COc1ccc(C(C)(C)O)cc1S(=O)(=O)NC(=O)c1ccc2c(-n3cccn3)cccc2c1. The third kappa shape index (κ3) is 4.46. The van der Waals surface area contributed by atoms with E-state index in [9.17, 15) is 18.3 Å². The number of sulfonamides is 1. The van der Waals surface area contributed by atoms with Crippen LogP contribution < -0.4 is 9.46 Å². The Morgan fingerprint density at radius 1 is 1.09 bits per heavy atom. The fourth-order valence-corrected chi connectivity index (χ4v) is 4.69. The van der Waals surface area contributed by atoms with Crippen LogP contribution in [0.1, 0.15) is 29.8 Å². The second-order valence-electron chi connectivity index (χ2n) is 8.02. The molecule has 0 aliphatic carbocycles. The first-order valence-corrected chi connectivity index (χ1v) is 11.6. The summed E-state index contributed by atoms with van der Waals surface area (Å²) in [6.45, 7) is 3.08. The Balaban J connectivity index is 1.68. The van der Waals surface area contributed by atoms with Gasteiger partial charge >= 0.3 is 0 Å². The maximum absolute atomic E-state index is 13.0. The molecule has 0 atom stereocenters. The Hall–Kier alpha value is -3.69. The molecule has 1 amide bonds. The molecule has 1 aromatic heterocycles. The van der Waals surface area contributed by atoms with Crippen LogP contribution in [-0.2, 0) is 15.6 Å². The monoisotopic (exact) mass is 465 g/mol. The lowest BCUT2D eigenvalue weighted by molar-refractivity contribution is 0.0783. The number of carbonyl (C=O) groups is 1. The van der Waals surface area contributed by atoms with Crippen molar-refractivity contribution >= 4 is 26.7 Å². The first-order chi connectivity index (χ1) is 15.6. The number of aliphatic hydroxyl groups is 1. The minimum atomic E-state index is -4.28. The van der Waals surface area contributed by atoms with Gasteiger partial charge in [0.25, 0.3) is 15.9 Å². The summed E-state index contributed by atoms with van der Waals surface area (Å²) in [5.41, 5.74) is 0.116. The first-order valence-electron chi connectivity index (χ1n) is 10.1. The number of hydrogen-bond acceptors (Lipinski definition) is 6. The topological polar surface area (TPSA) is 111 Å². The van der Waals surface area contributed by atoms with Crippen molar-refractivity contribution in [3.8, 4) is 11.4 Å². The Bertz CT molecular complexity index is 1440. The Labute approximate surface area is 191 Å². The van der Waals surface area contributed by atoms with Gasteiger partial charge in [-0.05, 0) is 61.2 Å². The quantitative estimate of drug-likeness (QED) is 0.452. The molecule has 8 nitrogen and oxygen atoms in total. The lowest BCUT2D eigenvalue weighted by Crippen LogP contribution is -2.31.